The molecule has 1 aliphatic carbocycles. The van der Waals surface area contributed by atoms with Gasteiger partial charge < -0.3 is 9.67 Å². The monoisotopic (exact) mass is 217 g/mol. The molecule has 0 aromatic carbocycles. The van der Waals surface area contributed by atoms with Crippen LogP contribution >= 0.6 is 0 Å². The van der Waals surface area contributed by atoms with Crippen molar-refractivity contribution in [3.05, 3.63) is 28.6 Å². The van der Waals surface area contributed by atoms with Gasteiger partial charge in [-0.15, -0.1) is 0 Å². The van der Waals surface area contributed by atoms with Crippen LogP contribution in [0.3, 0.4) is 0 Å². The molecule has 0 saturated heterocycles. The molecule has 0 radical (unpaired) electrons. The van der Waals surface area contributed by atoms with Gasteiger partial charge in [0.2, 0.25) is 0 Å². The Morgan fingerprint density at radius 2 is 2.19 bits per heavy atom. The molecule has 0 amide bonds. The van der Waals surface area contributed by atoms with E-state index in [0.717, 1.165) is 49.2 Å². The maximum absolute atomic E-state index is 11.4. The Kier molecular flexibility index (Phi) is 2.13. The third-order valence-electron chi connectivity index (χ3n) is 3.61. The van der Waals surface area contributed by atoms with Gasteiger partial charge in [-0.25, -0.2) is 4.79 Å². The molecular formula is C13H15NO2. The van der Waals surface area contributed by atoms with Gasteiger partial charge in [-0.2, -0.15) is 0 Å². The molecule has 0 spiro atoms. The molecule has 0 unspecified atom stereocenters. The van der Waals surface area contributed by atoms with E-state index in [-0.39, 0.29) is 0 Å². The van der Waals surface area contributed by atoms with Crippen molar-refractivity contribution in [1.82, 2.24) is 4.57 Å². The lowest BCUT2D eigenvalue weighted by Crippen LogP contribution is -2.13. The van der Waals surface area contributed by atoms with Crippen LogP contribution in [0.4, 0.5) is 0 Å². The first-order valence-corrected chi connectivity index (χ1v) is 5.93. The smallest absolute Gasteiger partial charge is 0.337 e. The van der Waals surface area contributed by atoms with Crippen molar-refractivity contribution in [2.45, 2.75) is 38.6 Å². The minimum Gasteiger partial charge on any atom is -0.478 e. The standard InChI is InChI=1S/C13H15NO2/c15-13(16)12-9-5-1-2-6-10(9)14-8-4-3-7-11(12)14/h2,6H,1,3-5,7-8H2,(H,15,16). The van der Waals surface area contributed by atoms with E-state index in [9.17, 15) is 9.90 Å². The van der Waals surface area contributed by atoms with Crippen LogP contribution in [0.25, 0.3) is 6.08 Å². The average molecular weight is 217 g/mol. The summed E-state index contributed by atoms with van der Waals surface area (Å²) < 4.78 is 2.22. The zero-order valence-corrected chi connectivity index (χ0v) is 9.20. The highest BCUT2D eigenvalue weighted by Crippen LogP contribution is 2.32. The van der Waals surface area contributed by atoms with Crippen LogP contribution in [0.1, 0.15) is 46.6 Å². The van der Waals surface area contributed by atoms with Gasteiger partial charge in [0, 0.05) is 17.9 Å². The maximum atomic E-state index is 11.4. The Hall–Kier alpha value is -1.51. The molecule has 2 heterocycles. The third-order valence-corrected chi connectivity index (χ3v) is 3.61. The van der Waals surface area contributed by atoms with Crippen LogP contribution < -0.4 is 0 Å². The van der Waals surface area contributed by atoms with Crippen molar-refractivity contribution in [3.63, 3.8) is 0 Å². The molecule has 3 nitrogen and oxygen atoms in total. The number of aromatic carboxylic acids is 1. The van der Waals surface area contributed by atoms with E-state index in [0.29, 0.717) is 5.56 Å². The van der Waals surface area contributed by atoms with Gasteiger partial charge in [0.05, 0.1) is 5.56 Å². The molecule has 0 saturated carbocycles. The first-order valence-electron chi connectivity index (χ1n) is 5.93. The number of rotatable bonds is 1. The first kappa shape index (κ1) is 9.70. The average Bonchev–Trinajstić information content (AvgIpc) is 2.63. The summed E-state index contributed by atoms with van der Waals surface area (Å²) in [5, 5.41) is 9.35. The zero-order chi connectivity index (χ0) is 11.1. The molecule has 1 aromatic rings. The van der Waals surface area contributed by atoms with Crippen molar-refractivity contribution in [3.8, 4) is 0 Å². The molecule has 1 N–H and O–H groups in total. The Morgan fingerprint density at radius 1 is 1.31 bits per heavy atom. The van der Waals surface area contributed by atoms with Gasteiger partial charge in [0.15, 0.2) is 0 Å². The SMILES string of the molecule is O=C(O)c1c2c(n3c1CCCC3)C=CCC2. The van der Waals surface area contributed by atoms with Gasteiger partial charge in [0.25, 0.3) is 0 Å². The Balaban J connectivity index is 2.27. The second kappa shape index (κ2) is 3.51. The van der Waals surface area contributed by atoms with Crippen LogP contribution in [0.2, 0.25) is 0 Å². The lowest BCUT2D eigenvalue weighted by atomic mass is 9.98. The van der Waals surface area contributed by atoms with Crippen LogP contribution in [0.15, 0.2) is 6.08 Å². The van der Waals surface area contributed by atoms with E-state index in [1.165, 1.54) is 6.42 Å². The lowest BCUT2D eigenvalue weighted by molar-refractivity contribution is 0.0694. The normalized spacial score (nSPS) is 18.0. The number of hydrogen-bond donors (Lipinski definition) is 1. The highest BCUT2D eigenvalue weighted by Gasteiger charge is 2.27. The van der Waals surface area contributed by atoms with E-state index in [4.69, 9.17) is 0 Å². The van der Waals surface area contributed by atoms with Gasteiger partial charge in [-0.1, -0.05) is 6.08 Å². The van der Waals surface area contributed by atoms with Crippen LogP contribution in [-0.4, -0.2) is 15.6 Å². The molecule has 2 aliphatic rings. The topological polar surface area (TPSA) is 42.2 Å². The summed E-state index contributed by atoms with van der Waals surface area (Å²) in [5.41, 5.74) is 3.86. The van der Waals surface area contributed by atoms with E-state index in [2.05, 4.69) is 16.7 Å². The largest absolute Gasteiger partial charge is 0.478 e. The third kappa shape index (κ3) is 1.24. The number of aromatic nitrogens is 1. The van der Waals surface area contributed by atoms with E-state index >= 15 is 0 Å². The van der Waals surface area contributed by atoms with Gasteiger partial charge in [0.1, 0.15) is 0 Å². The second-order valence-electron chi connectivity index (χ2n) is 4.54. The van der Waals surface area contributed by atoms with Crippen LogP contribution in [-0.2, 0) is 19.4 Å². The van der Waals surface area contributed by atoms with Crippen LogP contribution in [0.5, 0.6) is 0 Å². The molecule has 0 atom stereocenters. The van der Waals surface area contributed by atoms with E-state index < -0.39 is 5.97 Å². The summed E-state index contributed by atoms with van der Waals surface area (Å²) in [6.45, 7) is 0.981. The molecule has 16 heavy (non-hydrogen) atoms. The summed E-state index contributed by atoms with van der Waals surface area (Å²) in [6.07, 6.45) is 9.30. The number of carboxylic acids is 1. The maximum Gasteiger partial charge on any atom is 0.337 e. The van der Waals surface area contributed by atoms with Gasteiger partial charge in [-0.05, 0) is 43.7 Å². The summed E-state index contributed by atoms with van der Waals surface area (Å²) in [5.74, 6) is -0.748. The first-order chi connectivity index (χ1) is 7.79. The molecule has 0 bridgehead atoms. The highest BCUT2D eigenvalue weighted by atomic mass is 16.4. The van der Waals surface area contributed by atoms with Crippen LogP contribution in [0, 0.1) is 0 Å². The summed E-state index contributed by atoms with van der Waals surface area (Å²) in [6, 6.07) is 0. The minimum atomic E-state index is -0.748. The fraction of sp³-hybridized carbons (Fsp3) is 0.462. The predicted molar refractivity (Wildman–Crippen MR) is 61.7 cm³/mol. The zero-order valence-electron chi connectivity index (χ0n) is 9.20. The Morgan fingerprint density at radius 3 is 3.00 bits per heavy atom. The number of carbonyl (C=O) groups is 1. The van der Waals surface area contributed by atoms with Crippen molar-refractivity contribution in [1.29, 1.82) is 0 Å². The fourth-order valence-electron chi connectivity index (χ4n) is 2.94. The number of allylic oxidation sites excluding steroid dienone is 1. The van der Waals surface area contributed by atoms with Crippen molar-refractivity contribution < 1.29 is 9.90 Å². The summed E-state index contributed by atoms with van der Waals surface area (Å²) in [7, 11) is 0. The molecule has 0 fully saturated rings. The number of fused-ring (bicyclic) bond motifs is 3. The molecule has 3 heteroatoms. The fourth-order valence-corrected chi connectivity index (χ4v) is 2.94. The Labute approximate surface area is 94.4 Å². The van der Waals surface area contributed by atoms with E-state index in [1.807, 2.05) is 0 Å². The molecule has 1 aromatic heterocycles. The molecule has 84 valence electrons. The Bertz CT molecular complexity index is 483. The summed E-state index contributed by atoms with van der Waals surface area (Å²) in [4.78, 5) is 11.4. The van der Waals surface area contributed by atoms with E-state index in [1.54, 1.807) is 0 Å². The molecule has 1 aliphatic heterocycles. The number of hydrogen-bond acceptors (Lipinski definition) is 1. The lowest BCUT2D eigenvalue weighted by Gasteiger charge is -2.17. The van der Waals surface area contributed by atoms with Crippen molar-refractivity contribution in [2.75, 3.05) is 0 Å². The predicted octanol–water partition coefficient (Wildman–Crippen LogP) is 2.48. The second-order valence-corrected chi connectivity index (χ2v) is 4.54. The number of carboxylic acid groups (broad SMARTS) is 1. The van der Waals surface area contributed by atoms with Crippen molar-refractivity contribution >= 4 is 12.0 Å². The van der Waals surface area contributed by atoms with Crippen molar-refractivity contribution in [2.24, 2.45) is 0 Å². The quantitative estimate of drug-likeness (QED) is 0.785. The number of nitrogens with zero attached hydrogens (tertiary/aromatic N) is 1. The van der Waals surface area contributed by atoms with Gasteiger partial charge in [-0.3, -0.25) is 0 Å². The highest BCUT2D eigenvalue weighted by molar-refractivity contribution is 5.93. The minimum absolute atomic E-state index is 0.596. The summed E-state index contributed by atoms with van der Waals surface area (Å²) >= 11 is 0. The molecule has 3 rings (SSSR count). The van der Waals surface area contributed by atoms with Gasteiger partial charge >= 0.3 is 5.97 Å². The molecular weight excluding hydrogens is 202 g/mol.